The number of carbonyl (C=O) groups excluding carboxylic acids is 2. The molecule has 2 aromatic carbocycles. The SMILES string of the molecule is COC(CCNC(=O)C[C@@H]1CCC[C@H]1NC(=O)OCC1c2ccccc2-c2ccccc21)C(=O)O. The van der Waals surface area contributed by atoms with E-state index in [1.54, 1.807) is 0 Å². The van der Waals surface area contributed by atoms with Gasteiger partial charge in [0.2, 0.25) is 5.91 Å². The summed E-state index contributed by atoms with van der Waals surface area (Å²) in [5.74, 6) is -1.19. The Bertz CT molecular complexity index is 1030. The molecule has 35 heavy (non-hydrogen) atoms. The second-order valence-corrected chi connectivity index (χ2v) is 9.17. The van der Waals surface area contributed by atoms with E-state index in [1.165, 1.54) is 18.2 Å². The highest BCUT2D eigenvalue weighted by Gasteiger charge is 2.32. The largest absolute Gasteiger partial charge is 0.479 e. The molecule has 3 atom stereocenters. The molecule has 4 rings (SSSR count). The van der Waals surface area contributed by atoms with Crippen LogP contribution in [0.15, 0.2) is 48.5 Å². The summed E-state index contributed by atoms with van der Waals surface area (Å²) in [6.07, 6.45) is 1.64. The number of amides is 2. The van der Waals surface area contributed by atoms with Crippen LogP contribution in [-0.4, -0.2) is 55.5 Å². The van der Waals surface area contributed by atoms with E-state index in [0.717, 1.165) is 30.4 Å². The molecule has 0 spiro atoms. The Morgan fingerprint density at radius 3 is 2.31 bits per heavy atom. The molecule has 0 heterocycles. The Morgan fingerprint density at radius 1 is 1.03 bits per heavy atom. The topological polar surface area (TPSA) is 114 Å². The molecule has 0 bridgehead atoms. The average Bonchev–Trinajstić information content (AvgIpc) is 3.42. The number of hydrogen-bond donors (Lipinski definition) is 3. The molecular weight excluding hydrogens is 448 g/mol. The fraction of sp³-hybridized carbons (Fsp3) is 0.444. The number of methoxy groups -OCH3 is 1. The molecule has 1 unspecified atom stereocenters. The lowest BCUT2D eigenvalue weighted by atomic mass is 9.98. The van der Waals surface area contributed by atoms with Crippen LogP contribution in [0.1, 0.15) is 49.1 Å². The number of carboxylic acids is 1. The summed E-state index contributed by atoms with van der Waals surface area (Å²) in [6.45, 7) is 0.475. The minimum Gasteiger partial charge on any atom is -0.479 e. The first-order chi connectivity index (χ1) is 17.0. The zero-order chi connectivity index (χ0) is 24.8. The van der Waals surface area contributed by atoms with E-state index >= 15 is 0 Å². The fourth-order valence-corrected chi connectivity index (χ4v) is 5.26. The van der Waals surface area contributed by atoms with Gasteiger partial charge in [0.15, 0.2) is 6.10 Å². The zero-order valence-corrected chi connectivity index (χ0v) is 19.9. The third-order valence-corrected chi connectivity index (χ3v) is 7.04. The molecular formula is C27H32N2O6. The Morgan fingerprint density at radius 2 is 1.69 bits per heavy atom. The highest BCUT2D eigenvalue weighted by atomic mass is 16.5. The molecule has 2 aliphatic carbocycles. The van der Waals surface area contributed by atoms with Crippen LogP contribution in [0.2, 0.25) is 0 Å². The minimum atomic E-state index is -1.05. The van der Waals surface area contributed by atoms with Crippen molar-refractivity contribution in [3.63, 3.8) is 0 Å². The number of alkyl carbamates (subject to hydrolysis) is 1. The van der Waals surface area contributed by atoms with Crippen LogP contribution in [0.3, 0.4) is 0 Å². The van der Waals surface area contributed by atoms with Crippen molar-refractivity contribution >= 4 is 18.0 Å². The van der Waals surface area contributed by atoms with Crippen molar-refractivity contribution in [2.24, 2.45) is 5.92 Å². The van der Waals surface area contributed by atoms with E-state index < -0.39 is 18.2 Å². The van der Waals surface area contributed by atoms with Crippen molar-refractivity contribution in [1.29, 1.82) is 0 Å². The van der Waals surface area contributed by atoms with Gasteiger partial charge in [-0.25, -0.2) is 9.59 Å². The molecule has 0 aliphatic heterocycles. The van der Waals surface area contributed by atoms with Gasteiger partial charge in [0.05, 0.1) is 0 Å². The first kappa shape index (κ1) is 24.7. The predicted molar refractivity (Wildman–Crippen MR) is 130 cm³/mol. The molecule has 1 saturated carbocycles. The van der Waals surface area contributed by atoms with Crippen molar-refractivity contribution in [3.05, 3.63) is 59.7 Å². The van der Waals surface area contributed by atoms with Gasteiger partial charge in [0.1, 0.15) is 6.61 Å². The molecule has 8 heteroatoms. The van der Waals surface area contributed by atoms with Crippen molar-refractivity contribution < 1.29 is 29.0 Å². The monoisotopic (exact) mass is 480 g/mol. The number of ether oxygens (including phenoxy) is 2. The average molecular weight is 481 g/mol. The number of aliphatic carboxylic acids is 1. The number of hydrogen-bond acceptors (Lipinski definition) is 5. The van der Waals surface area contributed by atoms with E-state index in [4.69, 9.17) is 14.6 Å². The molecule has 2 aromatic rings. The molecule has 0 saturated heterocycles. The third kappa shape index (κ3) is 5.82. The van der Waals surface area contributed by atoms with Crippen LogP contribution in [0.4, 0.5) is 4.79 Å². The van der Waals surface area contributed by atoms with Gasteiger partial charge in [-0.15, -0.1) is 0 Å². The number of nitrogens with one attached hydrogen (secondary N) is 2. The van der Waals surface area contributed by atoms with Crippen LogP contribution in [0.5, 0.6) is 0 Å². The maximum absolute atomic E-state index is 12.7. The summed E-state index contributed by atoms with van der Waals surface area (Å²) in [5, 5.41) is 14.7. The van der Waals surface area contributed by atoms with Crippen molar-refractivity contribution in [2.75, 3.05) is 20.3 Å². The predicted octanol–water partition coefficient (Wildman–Crippen LogP) is 3.69. The van der Waals surface area contributed by atoms with Gasteiger partial charge in [-0.1, -0.05) is 55.0 Å². The molecule has 2 amide bonds. The van der Waals surface area contributed by atoms with E-state index in [9.17, 15) is 14.4 Å². The molecule has 0 aromatic heterocycles. The summed E-state index contributed by atoms with van der Waals surface area (Å²) in [6, 6.07) is 16.3. The van der Waals surface area contributed by atoms with Gasteiger partial charge in [-0.3, -0.25) is 4.79 Å². The third-order valence-electron chi connectivity index (χ3n) is 7.04. The van der Waals surface area contributed by atoms with Crippen molar-refractivity contribution in [2.45, 2.75) is 50.2 Å². The summed E-state index contributed by atoms with van der Waals surface area (Å²) in [5.41, 5.74) is 4.68. The highest BCUT2D eigenvalue weighted by Crippen LogP contribution is 2.44. The van der Waals surface area contributed by atoms with Gasteiger partial charge >= 0.3 is 12.1 Å². The van der Waals surface area contributed by atoms with Crippen molar-refractivity contribution in [3.8, 4) is 11.1 Å². The maximum Gasteiger partial charge on any atom is 0.407 e. The summed E-state index contributed by atoms with van der Waals surface area (Å²) in [7, 11) is 1.33. The lowest BCUT2D eigenvalue weighted by Gasteiger charge is -2.21. The van der Waals surface area contributed by atoms with Gasteiger partial charge in [0.25, 0.3) is 0 Å². The van der Waals surface area contributed by atoms with Crippen molar-refractivity contribution in [1.82, 2.24) is 10.6 Å². The molecule has 2 aliphatic rings. The Balaban J connectivity index is 1.26. The summed E-state index contributed by atoms with van der Waals surface area (Å²) < 4.78 is 10.5. The van der Waals surface area contributed by atoms with E-state index in [0.29, 0.717) is 0 Å². The first-order valence-electron chi connectivity index (χ1n) is 12.1. The van der Waals surface area contributed by atoms with Crippen LogP contribution < -0.4 is 10.6 Å². The summed E-state index contributed by atoms with van der Waals surface area (Å²) >= 11 is 0. The van der Waals surface area contributed by atoms with Gasteiger partial charge < -0.3 is 25.2 Å². The number of benzene rings is 2. The van der Waals surface area contributed by atoms with Crippen LogP contribution >= 0.6 is 0 Å². The quantitative estimate of drug-likeness (QED) is 0.478. The first-order valence-corrected chi connectivity index (χ1v) is 12.1. The Hall–Kier alpha value is -3.39. The van der Waals surface area contributed by atoms with Gasteiger partial charge in [-0.05, 0) is 41.0 Å². The molecule has 8 nitrogen and oxygen atoms in total. The van der Waals surface area contributed by atoms with Crippen LogP contribution in [0, 0.1) is 5.92 Å². The van der Waals surface area contributed by atoms with Crippen LogP contribution in [0.25, 0.3) is 11.1 Å². The van der Waals surface area contributed by atoms with Gasteiger partial charge in [-0.2, -0.15) is 0 Å². The molecule has 3 N–H and O–H groups in total. The minimum absolute atomic E-state index is 0.0000291. The Labute approximate surface area is 205 Å². The van der Waals surface area contributed by atoms with Crippen LogP contribution in [-0.2, 0) is 19.1 Å². The number of rotatable bonds is 10. The molecule has 186 valence electrons. The normalized spacial score (nSPS) is 19.5. The summed E-state index contributed by atoms with van der Waals surface area (Å²) in [4.78, 5) is 36.0. The molecule has 1 fully saturated rings. The lowest BCUT2D eigenvalue weighted by Crippen LogP contribution is -2.40. The maximum atomic E-state index is 12.7. The number of carboxylic acid groups (broad SMARTS) is 1. The molecule has 0 radical (unpaired) electrons. The van der Waals surface area contributed by atoms with E-state index in [-0.39, 0.29) is 49.8 Å². The smallest absolute Gasteiger partial charge is 0.407 e. The lowest BCUT2D eigenvalue weighted by molar-refractivity contribution is -0.149. The number of carbonyl (C=O) groups is 3. The van der Waals surface area contributed by atoms with Gasteiger partial charge in [0, 0.05) is 38.5 Å². The zero-order valence-electron chi connectivity index (χ0n) is 19.9. The standard InChI is InChI=1S/C27H32N2O6/c1-34-24(26(31)32)13-14-28-25(30)15-17-7-6-12-23(17)29-27(33)35-16-22-20-10-4-2-8-18(20)19-9-3-5-11-21(19)22/h2-5,8-11,17,22-24H,6-7,12-16H2,1H3,(H,28,30)(H,29,33)(H,31,32)/t17-,23+,24?/m0/s1. The number of fused-ring (bicyclic) bond motifs is 3. The second-order valence-electron chi connectivity index (χ2n) is 9.17. The highest BCUT2D eigenvalue weighted by molar-refractivity contribution is 5.79. The Kier molecular flexibility index (Phi) is 8.02. The van der Waals surface area contributed by atoms with E-state index in [1.807, 2.05) is 24.3 Å². The fourth-order valence-electron chi connectivity index (χ4n) is 5.26. The van der Waals surface area contributed by atoms with E-state index in [2.05, 4.69) is 34.9 Å². The second kappa shape index (κ2) is 11.4.